The maximum atomic E-state index is 12.4. The third kappa shape index (κ3) is 5.38. The number of amides is 1. The van der Waals surface area contributed by atoms with Crippen LogP contribution in [0.2, 0.25) is 5.02 Å². The van der Waals surface area contributed by atoms with Crippen LogP contribution in [0.5, 0.6) is 0 Å². The zero-order valence-corrected chi connectivity index (χ0v) is 19.9. The van der Waals surface area contributed by atoms with E-state index in [2.05, 4.69) is 10.5 Å². The summed E-state index contributed by atoms with van der Waals surface area (Å²) in [5.41, 5.74) is 7.30. The Morgan fingerprint density at radius 1 is 1.12 bits per heavy atom. The molecule has 3 aromatic rings. The molecule has 0 aliphatic rings. The maximum Gasteiger partial charge on any atom is 0.260 e. The average Bonchev–Trinajstić information content (AvgIpc) is 2.99. The number of benzene rings is 2. The second-order valence-electron chi connectivity index (χ2n) is 7.49. The van der Waals surface area contributed by atoms with Gasteiger partial charge in [0.2, 0.25) is 10.0 Å². The molecule has 168 valence electrons. The molecule has 0 radical (unpaired) electrons. The van der Waals surface area contributed by atoms with Crippen LogP contribution in [-0.2, 0) is 14.8 Å². The first-order valence-electron chi connectivity index (χ1n) is 9.88. The highest BCUT2D eigenvalue weighted by molar-refractivity contribution is 7.92. The fourth-order valence-corrected chi connectivity index (χ4v) is 4.59. The van der Waals surface area contributed by atoms with E-state index < -0.39 is 15.9 Å². The molecule has 1 amide bonds. The van der Waals surface area contributed by atoms with Gasteiger partial charge < -0.3 is 4.57 Å². The molecule has 0 fully saturated rings. The van der Waals surface area contributed by atoms with Crippen LogP contribution in [0.15, 0.2) is 59.7 Å². The Bertz CT molecular complexity index is 1280. The molecule has 2 aromatic carbocycles. The Morgan fingerprint density at radius 3 is 2.50 bits per heavy atom. The molecule has 0 aliphatic carbocycles. The first-order valence-corrected chi connectivity index (χ1v) is 12.1. The number of hydrazone groups is 1. The molecular weight excluding hydrogens is 448 g/mol. The number of hydrogen-bond donors (Lipinski definition) is 1. The number of para-hydroxylation sites is 1. The summed E-state index contributed by atoms with van der Waals surface area (Å²) < 4.78 is 27.6. The van der Waals surface area contributed by atoms with Gasteiger partial charge in [-0.1, -0.05) is 35.9 Å². The van der Waals surface area contributed by atoms with Gasteiger partial charge in [0.25, 0.3) is 5.91 Å². The molecule has 7 nitrogen and oxygen atoms in total. The van der Waals surface area contributed by atoms with Gasteiger partial charge in [0.15, 0.2) is 0 Å². The van der Waals surface area contributed by atoms with Crippen molar-refractivity contribution in [3.63, 3.8) is 0 Å². The number of rotatable bonds is 7. The fourth-order valence-electron chi connectivity index (χ4n) is 3.49. The quantitative estimate of drug-likeness (QED) is 0.417. The molecule has 0 spiro atoms. The van der Waals surface area contributed by atoms with Crippen LogP contribution in [0.1, 0.15) is 22.5 Å². The number of nitrogens with zero attached hydrogens (tertiary/aromatic N) is 3. The summed E-state index contributed by atoms with van der Waals surface area (Å²) in [7, 11) is -3.65. The zero-order chi connectivity index (χ0) is 23.5. The van der Waals surface area contributed by atoms with Crippen molar-refractivity contribution in [3.8, 4) is 5.69 Å². The van der Waals surface area contributed by atoms with Crippen molar-refractivity contribution in [2.24, 2.45) is 5.10 Å². The summed E-state index contributed by atoms with van der Waals surface area (Å²) in [4.78, 5) is 12.4. The Labute approximate surface area is 193 Å². The largest absolute Gasteiger partial charge is 0.318 e. The van der Waals surface area contributed by atoms with Crippen LogP contribution in [0, 0.1) is 20.8 Å². The van der Waals surface area contributed by atoms with E-state index in [1.165, 1.54) is 0 Å². The van der Waals surface area contributed by atoms with Gasteiger partial charge in [-0.25, -0.2) is 13.8 Å². The lowest BCUT2D eigenvalue weighted by molar-refractivity contribution is -0.119. The Hall–Kier alpha value is -3.10. The van der Waals surface area contributed by atoms with Crippen LogP contribution in [0.25, 0.3) is 5.69 Å². The number of carbonyl (C=O) groups excluding carboxylic acids is 1. The van der Waals surface area contributed by atoms with Gasteiger partial charge in [-0.3, -0.25) is 9.10 Å². The van der Waals surface area contributed by atoms with E-state index in [0.29, 0.717) is 10.7 Å². The van der Waals surface area contributed by atoms with Gasteiger partial charge >= 0.3 is 0 Å². The number of aryl methyl sites for hydroxylation is 2. The topological polar surface area (TPSA) is 83.8 Å². The summed E-state index contributed by atoms with van der Waals surface area (Å²) in [6, 6.07) is 16.5. The van der Waals surface area contributed by atoms with Crippen molar-refractivity contribution in [2.75, 3.05) is 17.1 Å². The lowest BCUT2D eigenvalue weighted by Gasteiger charge is -2.23. The van der Waals surface area contributed by atoms with Crippen LogP contribution >= 0.6 is 11.6 Å². The summed E-state index contributed by atoms with van der Waals surface area (Å²) in [5, 5.41) is 4.67. The van der Waals surface area contributed by atoms with Crippen LogP contribution in [0.3, 0.4) is 0 Å². The number of carbonyl (C=O) groups is 1. The van der Waals surface area contributed by atoms with Crippen LogP contribution < -0.4 is 9.73 Å². The summed E-state index contributed by atoms with van der Waals surface area (Å²) >= 11 is 6.12. The van der Waals surface area contributed by atoms with E-state index in [-0.39, 0.29) is 6.54 Å². The highest BCUT2D eigenvalue weighted by atomic mass is 35.5. The van der Waals surface area contributed by atoms with E-state index in [4.69, 9.17) is 11.6 Å². The van der Waals surface area contributed by atoms with Crippen molar-refractivity contribution < 1.29 is 13.2 Å². The number of anilines is 1. The van der Waals surface area contributed by atoms with Gasteiger partial charge in [-0.15, -0.1) is 0 Å². The molecule has 0 bridgehead atoms. The Balaban J connectivity index is 1.75. The number of sulfonamides is 1. The highest BCUT2D eigenvalue weighted by Crippen LogP contribution is 2.23. The van der Waals surface area contributed by atoms with E-state index in [0.717, 1.165) is 38.8 Å². The molecule has 0 saturated carbocycles. The molecular formula is C23H25ClN4O3S. The zero-order valence-electron chi connectivity index (χ0n) is 18.3. The number of halogens is 1. The first-order chi connectivity index (χ1) is 15.1. The molecule has 3 rings (SSSR count). The third-order valence-electron chi connectivity index (χ3n) is 5.00. The van der Waals surface area contributed by atoms with E-state index in [9.17, 15) is 13.2 Å². The first kappa shape index (κ1) is 23.6. The SMILES string of the molecule is Cc1ccccc1N(CC(=O)N/N=C\c1cc(C)n(-c2cccc(Cl)c2)c1C)S(C)(=O)=O. The predicted octanol–water partition coefficient (Wildman–Crippen LogP) is 3.97. The molecule has 0 aliphatic heterocycles. The minimum atomic E-state index is -3.65. The smallest absolute Gasteiger partial charge is 0.260 e. The van der Waals surface area contributed by atoms with Crippen LogP contribution in [-0.4, -0.2) is 37.9 Å². The van der Waals surface area contributed by atoms with Crippen molar-refractivity contribution in [3.05, 3.63) is 82.1 Å². The Morgan fingerprint density at radius 2 is 1.84 bits per heavy atom. The van der Waals surface area contributed by atoms with Crippen molar-refractivity contribution in [1.82, 2.24) is 9.99 Å². The summed E-state index contributed by atoms with van der Waals surface area (Å²) in [5.74, 6) is -0.543. The van der Waals surface area contributed by atoms with Crippen molar-refractivity contribution in [2.45, 2.75) is 20.8 Å². The maximum absolute atomic E-state index is 12.4. The van der Waals surface area contributed by atoms with Crippen LogP contribution in [0.4, 0.5) is 5.69 Å². The number of hydrogen-bond acceptors (Lipinski definition) is 4. The minimum Gasteiger partial charge on any atom is -0.318 e. The lowest BCUT2D eigenvalue weighted by atomic mass is 10.2. The molecule has 9 heteroatoms. The standard InChI is InChI=1S/C23H25ClN4O3S/c1-16-8-5-6-11-22(16)27(32(4,30)31)15-23(29)26-25-14-19-12-17(2)28(18(19)3)21-10-7-9-20(24)13-21/h5-14H,15H2,1-4H3,(H,26,29)/b25-14-. The summed E-state index contributed by atoms with van der Waals surface area (Å²) in [6.07, 6.45) is 2.61. The van der Waals surface area contributed by atoms with Gasteiger partial charge in [0.1, 0.15) is 6.54 Å². The number of nitrogens with one attached hydrogen (secondary N) is 1. The van der Waals surface area contributed by atoms with Gasteiger partial charge in [0.05, 0.1) is 18.2 Å². The second-order valence-corrected chi connectivity index (χ2v) is 9.83. The number of aromatic nitrogens is 1. The van der Waals surface area contributed by atoms with Gasteiger partial charge in [-0.05, 0) is 56.7 Å². The predicted molar refractivity (Wildman–Crippen MR) is 129 cm³/mol. The highest BCUT2D eigenvalue weighted by Gasteiger charge is 2.22. The normalized spacial score (nSPS) is 11.7. The lowest BCUT2D eigenvalue weighted by Crippen LogP contribution is -2.39. The average molecular weight is 473 g/mol. The van der Waals surface area contributed by atoms with Gasteiger partial charge in [-0.2, -0.15) is 5.10 Å². The Kier molecular flexibility index (Phi) is 7.06. The van der Waals surface area contributed by atoms with E-state index >= 15 is 0 Å². The molecule has 1 N–H and O–H groups in total. The molecule has 1 aromatic heterocycles. The molecule has 0 unspecified atom stereocenters. The summed E-state index contributed by atoms with van der Waals surface area (Å²) in [6.45, 7) is 5.33. The second kappa shape index (κ2) is 9.58. The van der Waals surface area contributed by atoms with Crippen molar-refractivity contribution in [1.29, 1.82) is 0 Å². The van der Waals surface area contributed by atoms with Crippen molar-refractivity contribution >= 4 is 39.4 Å². The van der Waals surface area contributed by atoms with E-state index in [1.807, 2.05) is 54.8 Å². The van der Waals surface area contributed by atoms with Gasteiger partial charge in [0, 0.05) is 27.7 Å². The third-order valence-corrected chi connectivity index (χ3v) is 6.36. The monoisotopic (exact) mass is 472 g/mol. The van der Waals surface area contributed by atoms with E-state index in [1.54, 1.807) is 31.3 Å². The molecule has 1 heterocycles. The molecule has 32 heavy (non-hydrogen) atoms. The molecule has 0 saturated heterocycles. The fraction of sp³-hybridized carbons (Fsp3) is 0.217. The minimum absolute atomic E-state index is 0.372. The molecule has 0 atom stereocenters.